The normalized spacial score (nSPS) is 11.0. The molecule has 5 nitrogen and oxygen atoms in total. The van der Waals surface area contributed by atoms with E-state index < -0.39 is 29.4 Å². The number of benzene rings is 2. The molecule has 2 amide bonds. The maximum Gasteiger partial charge on any atom is 0.416 e. The molecule has 2 N–H and O–H groups in total. The third-order valence-electron chi connectivity index (χ3n) is 3.40. The first-order valence-corrected chi connectivity index (χ1v) is 7.78. The van der Waals surface area contributed by atoms with Crippen LogP contribution in [0, 0.1) is 5.82 Å². The van der Waals surface area contributed by atoms with Crippen molar-refractivity contribution in [1.82, 2.24) is 5.32 Å². The molecule has 0 fully saturated rings. The first-order chi connectivity index (χ1) is 12.6. The minimum Gasteiger partial charge on any atom is -0.489 e. The van der Waals surface area contributed by atoms with Crippen LogP contribution >= 0.6 is 0 Å². The zero-order valence-corrected chi connectivity index (χ0v) is 14.2. The van der Waals surface area contributed by atoms with E-state index in [9.17, 15) is 27.2 Å². The Balaban J connectivity index is 1.93. The Bertz CT molecular complexity index is 820. The molecule has 0 heterocycles. The molecule has 0 radical (unpaired) electrons. The second kappa shape index (κ2) is 8.52. The molecule has 2 aromatic rings. The van der Waals surface area contributed by atoms with E-state index in [-0.39, 0.29) is 24.6 Å². The fourth-order valence-electron chi connectivity index (χ4n) is 2.04. The average molecular weight is 384 g/mol. The summed E-state index contributed by atoms with van der Waals surface area (Å²) in [6.07, 6.45) is -4.41. The van der Waals surface area contributed by atoms with Crippen LogP contribution in [-0.4, -0.2) is 18.4 Å². The van der Waals surface area contributed by atoms with Gasteiger partial charge in [-0.2, -0.15) is 13.2 Å². The zero-order chi connectivity index (χ0) is 20.0. The molecule has 0 aromatic heterocycles. The molecular weight excluding hydrogens is 368 g/mol. The molecule has 0 aliphatic rings. The first kappa shape index (κ1) is 20.2. The standard InChI is InChI=1S/C18H16F4N2O3/c1-11(25)23-9-17(26)24-16-7-6-14(8-15(16)19)27-10-12-2-4-13(5-3-12)18(20,21)22/h2-8H,9-10H2,1H3,(H,23,25)(H,24,26). The summed E-state index contributed by atoms with van der Waals surface area (Å²) in [7, 11) is 0. The summed E-state index contributed by atoms with van der Waals surface area (Å²) in [6.45, 7) is 0.906. The summed E-state index contributed by atoms with van der Waals surface area (Å²) in [5.74, 6) is -1.59. The summed E-state index contributed by atoms with van der Waals surface area (Å²) < 4.78 is 56.9. The molecule has 2 aromatic carbocycles. The van der Waals surface area contributed by atoms with E-state index in [1.807, 2.05) is 0 Å². The lowest BCUT2D eigenvalue weighted by Gasteiger charge is -2.11. The molecule has 0 aliphatic carbocycles. The highest BCUT2D eigenvalue weighted by Crippen LogP contribution is 2.29. The lowest BCUT2D eigenvalue weighted by molar-refractivity contribution is -0.137. The van der Waals surface area contributed by atoms with E-state index in [0.717, 1.165) is 18.2 Å². The Hall–Kier alpha value is -3.10. The fourth-order valence-corrected chi connectivity index (χ4v) is 2.04. The third kappa shape index (κ3) is 6.28. The SMILES string of the molecule is CC(=O)NCC(=O)Nc1ccc(OCc2ccc(C(F)(F)F)cc2)cc1F. The van der Waals surface area contributed by atoms with Crippen LogP contribution < -0.4 is 15.4 Å². The van der Waals surface area contributed by atoms with Crippen molar-refractivity contribution in [3.8, 4) is 5.75 Å². The molecule has 0 aliphatic heterocycles. The van der Waals surface area contributed by atoms with Gasteiger partial charge in [0.1, 0.15) is 18.2 Å². The molecule has 0 saturated heterocycles. The van der Waals surface area contributed by atoms with Crippen LogP contribution in [0.15, 0.2) is 42.5 Å². The van der Waals surface area contributed by atoms with Crippen molar-refractivity contribution in [2.75, 3.05) is 11.9 Å². The van der Waals surface area contributed by atoms with Gasteiger partial charge in [-0.05, 0) is 29.8 Å². The Kier molecular flexibility index (Phi) is 6.38. The summed E-state index contributed by atoms with van der Waals surface area (Å²) >= 11 is 0. The number of ether oxygens (including phenoxy) is 1. The van der Waals surface area contributed by atoms with Crippen molar-refractivity contribution in [3.05, 3.63) is 59.4 Å². The van der Waals surface area contributed by atoms with E-state index in [4.69, 9.17) is 4.74 Å². The van der Waals surface area contributed by atoms with Gasteiger partial charge >= 0.3 is 6.18 Å². The van der Waals surface area contributed by atoms with Crippen molar-refractivity contribution in [1.29, 1.82) is 0 Å². The van der Waals surface area contributed by atoms with E-state index in [1.165, 1.54) is 31.2 Å². The molecule has 0 saturated carbocycles. The summed E-state index contributed by atoms with van der Waals surface area (Å²) in [4.78, 5) is 22.3. The van der Waals surface area contributed by atoms with Crippen LogP contribution in [-0.2, 0) is 22.4 Å². The van der Waals surface area contributed by atoms with Gasteiger partial charge in [-0.1, -0.05) is 12.1 Å². The molecule has 0 bridgehead atoms. The molecule has 144 valence electrons. The molecular formula is C18H16F4N2O3. The maximum atomic E-state index is 14.0. The summed E-state index contributed by atoms with van der Waals surface area (Å²) in [6, 6.07) is 8.15. The largest absolute Gasteiger partial charge is 0.489 e. The number of carbonyl (C=O) groups is 2. The van der Waals surface area contributed by atoms with E-state index in [0.29, 0.717) is 5.56 Å². The van der Waals surface area contributed by atoms with E-state index in [2.05, 4.69) is 10.6 Å². The Morgan fingerprint density at radius 2 is 1.74 bits per heavy atom. The number of carbonyl (C=O) groups excluding carboxylic acids is 2. The smallest absolute Gasteiger partial charge is 0.416 e. The number of halogens is 4. The number of nitrogens with one attached hydrogen (secondary N) is 2. The number of hydrogen-bond donors (Lipinski definition) is 2. The van der Waals surface area contributed by atoms with Crippen molar-refractivity contribution in [2.24, 2.45) is 0 Å². The van der Waals surface area contributed by atoms with Crippen LogP contribution in [0.2, 0.25) is 0 Å². The van der Waals surface area contributed by atoms with Gasteiger partial charge in [0.05, 0.1) is 17.8 Å². The Morgan fingerprint density at radius 3 is 2.30 bits per heavy atom. The molecule has 27 heavy (non-hydrogen) atoms. The molecule has 0 spiro atoms. The summed E-state index contributed by atoms with van der Waals surface area (Å²) in [5, 5.41) is 4.58. The lowest BCUT2D eigenvalue weighted by Crippen LogP contribution is -2.31. The predicted octanol–water partition coefficient (Wildman–Crippen LogP) is 3.50. The summed E-state index contributed by atoms with van der Waals surface area (Å²) in [5.41, 5.74) is -0.375. The second-order valence-electron chi connectivity index (χ2n) is 5.58. The van der Waals surface area contributed by atoms with Crippen LogP contribution in [0.4, 0.5) is 23.2 Å². The maximum absolute atomic E-state index is 14.0. The van der Waals surface area contributed by atoms with Crippen LogP contribution in [0.5, 0.6) is 5.75 Å². The van der Waals surface area contributed by atoms with Gasteiger partial charge in [-0.15, -0.1) is 0 Å². The number of alkyl halides is 3. The minimum atomic E-state index is -4.41. The van der Waals surface area contributed by atoms with Crippen LogP contribution in [0.1, 0.15) is 18.1 Å². The Morgan fingerprint density at radius 1 is 1.07 bits per heavy atom. The van der Waals surface area contributed by atoms with Crippen LogP contribution in [0.25, 0.3) is 0 Å². The van der Waals surface area contributed by atoms with Gasteiger partial charge in [0, 0.05) is 13.0 Å². The van der Waals surface area contributed by atoms with Gasteiger partial charge in [-0.3, -0.25) is 9.59 Å². The van der Waals surface area contributed by atoms with Gasteiger partial charge in [-0.25, -0.2) is 4.39 Å². The van der Waals surface area contributed by atoms with E-state index >= 15 is 0 Å². The highest BCUT2D eigenvalue weighted by Gasteiger charge is 2.29. The highest BCUT2D eigenvalue weighted by molar-refractivity contribution is 5.94. The van der Waals surface area contributed by atoms with Crippen molar-refractivity contribution >= 4 is 17.5 Å². The Labute approximate surface area is 152 Å². The van der Waals surface area contributed by atoms with Gasteiger partial charge in [0.15, 0.2) is 0 Å². The zero-order valence-electron chi connectivity index (χ0n) is 14.2. The second-order valence-corrected chi connectivity index (χ2v) is 5.58. The van der Waals surface area contributed by atoms with E-state index in [1.54, 1.807) is 0 Å². The molecule has 2 rings (SSSR count). The fraction of sp³-hybridized carbons (Fsp3) is 0.222. The van der Waals surface area contributed by atoms with Crippen LogP contribution in [0.3, 0.4) is 0 Å². The number of rotatable bonds is 6. The van der Waals surface area contributed by atoms with Gasteiger partial charge in [0.2, 0.25) is 11.8 Å². The minimum absolute atomic E-state index is 0.0498. The number of amides is 2. The lowest BCUT2D eigenvalue weighted by atomic mass is 10.1. The van der Waals surface area contributed by atoms with Gasteiger partial charge in [0.25, 0.3) is 0 Å². The predicted molar refractivity (Wildman–Crippen MR) is 89.5 cm³/mol. The highest BCUT2D eigenvalue weighted by atomic mass is 19.4. The van der Waals surface area contributed by atoms with Crippen molar-refractivity contribution < 1.29 is 31.9 Å². The number of hydrogen-bond acceptors (Lipinski definition) is 3. The average Bonchev–Trinajstić information content (AvgIpc) is 2.60. The van der Waals surface area contributed by atoms with Gasteiger partial charge < -0.3 is 15.4 Å². The topological polar surface area (TPSA) is 67.4 Å². The third-order valence-corrected chi connectivity index (χ3v) is 3.40. The van der Waals surface area contributed by atoms with Crippen molar-refractivity contribution in [2.45, 2.75) is 19.7 Å². The monoisotopic (exact) mass is 384 g/mol. The first-order valence-electron chi connectivity index (χ1n) is 7.78. The number of anilines is 1. The quantitative estimate of drug-likeness (QED) is 0.750. The van der Waals surface area contributed by atoms with Crippen molar-refractivity contribution in [3.63, 3.8) is 0 Å². The molecule has 0 unspecified atom stereocenters. The molecule has 9 heteroatoms. The molecule has 0 atom stereocenters.